The molecule has 0 radical (unpaired) electrons. The Morgan fingerprint density at radius 3 is 2.56 bits per heavy atom. The first kappa shape index (κ1) is 13.5. The number of hydrogen-bond donors (Lipinski definition) is 1. The maximum Gasteiger partial charge on any atom is 0.127 e. The molecule has 0 spiro atoms. The van der Waals surface area contributed by atoms with E-state index in [1.165, 1.54) is 6.07 Å². The number of aliphatic hydroxyl groups is 1. The molecule has 1 aromatic rings. The second-order valence-electron chi connectivity index (χ2n) is 4.56. The zero-order valence-corrected chi connectivity index (χ0v) is 10.5. The van der Waals surface area contributed by atoms with Crippen LogP contribution in [0.5, 0.6) is 0 Å². The van der Waals surface area contributed by atoms with Crippen LogP contribution in [0.3, 0.4) is 0 Å². The Morgan fingerprint density at radius 1 is 1.31 bits per heavy atom. The maximum absolute atomic E-state index is 13.4. The Morgan fingerprint density at radius 2 is 2.00 bits per heavy atom. The predicted molar refractivity (Wildman–Crippen MR) is 65.2 cm³/mol. The molecule has 1 N–H and O–H groups in total. The van der Waals surface area contributed by atoms with Gasteiger partial charge < -0.3 is 5.11 Å². The highest BCUT2D eigenvalue weighted by Gasteiger charge is 2.10. The van der Waals surface area contributed by atoms with Gasteiger partial charge in [-0.15, -0.1) is 0 Å². The summed E-state index contributed by atoms with van der Waals surface area (Å²) < 4.78 is 13.4. The third-order valence-electron chi connectivity index (χ3n) is 2.55. The van der Waals surface area contributed by atoms with Gasteiger partial charge in [0.05, 0.1) is 6.10 Å². The summed E-state index contributed by atoms with van der Waals surface area (Å²) in [5.74, 6) is 0.223. The summed E-state index contributed by atoms with van der Waals surface area (Å²) in [5, 5.41) is 10.1. The zero-order chi connectivity index (χ0) is 12.1. The van der Waals surface area contributed by atoms with Crippen LogP contribution in [-0.4, -0.2) is 11.2 Å². The van der Waals surface area contributed by atoms with Crippen molar-refractivity contribution in [2.45, 2.75) is 39.2 Å². The molecule has 0 amide bonds. The van der Waals surface area contributed by atoms with Crippen LogP contribution >= 0.6 is 11.6 Å². The fourth-order valence-electron chi connectivity index (χ4n) is 1.57. The molecule has 0 saturated heterocycles. The van der Waals surface area contributed by atoms with Crippen molar-refractivity contribution in [1.82, 2.24) is 0 Å². The third kappa shape index (κ3) is 4.50. The first-order valence-electron chi connectivity index (χ1n) is 5.61. The van der Waals surface area contributed by atoms with E-state index in [4.69, 9.17) is 11.6 Å². The normalized spacial score (nSPS) is 13.1. The van der Waals surface area contributed by atoms with Crippen LogP contribution in [0.25, 0.3) is 0 Å². The van der Waals surface area contributed by atoms with Gasteiger partial charge in [-0.05, 0) is 36.5 Å². The summed E-state index contributed by atoms with van der Waals surface area (Å²) in [6.07, 6.45) is 1.55. The van der Waals surface area contributed by atoms with E-state index in [0.29, 0.717) is 29.3 Å². The van der Waals surface area contributed by atoms with Crippen LogP contribution in [0.2, 0.25) is 5.02 Å². The lowest BCUT2D eigenvalue weighted by Gasteiger charge is -2.12. The number of hydrogen-bond acceptors (Lipinski definition) is 1. The quantitative estimate of drug-likeness (QED) is 0.835. The van der Waals surface area contributed by atoms with E-state index in [2.05, 4.69) is 13.8 Å². The fraction of sp³-hybridized carbons (Fsp3) is 0.538. The first-order chi connectivity index (χ1) is 7.49. The Kier molecular flexibility index (Phi) is 5.23. The number of aliphatic hydroxyl groups excluding tert-OH is 1. The molecule has 1 nitrogen and oxygen atoms in total. The molecular formula is C13H18ClFO. The molecule has 0 aromatic heterocycles. The van der Waals surface area contributed by atoms with Crippen LogP contribution in [0.1, 0.15) is 32.3 Å². The molecule has 0 bridgehead atoms. The van der Waals surface area contributed by atoms with Crippen molar-refractivity contribution in [2.24, 2.45) is 5.92 Å². The van der Waals surface area contributed by atoms with Gasteiger partial charge in [0, 0.05) is 11.4 Å². The van der Waals surface area contributed by atoms with Crippen molar-refractivity contribution in [3.05, 3.63) is 34.6 Å². The molecule has 0 heterocycles. The average Bonchev–Trinajstić information content (AvgIpc) is 2.19. The largest absolute Gasteiger partial charge is 0.393 e. The van der Waals surface area contributed by atoms with Crippen molar-refractivity contribution < 1.29 is 9.50 Å². The van der Waals surface area contributed by atoms with Crippen molar-refractivity contribution in [1.29, 1.82) is 0 Å². The van der Waals surface area contributed by atoms with Crippen LogP contribution in [0.15, 0.2) is 18.2 Å². The zero-order valence-electron chi connectivity index (χ0n) is 9.71. The molecule has 90 valence electrons. The van der Waals surface area contributed by atoms with E-state index < -0.39 is 6.10 Å². The SMILES string of the molecule is CC(C)CCC(O)Cc1ccc(Cl)cc1F. The lowest BCUT2D eigenvalue weighted by Crippen LogP contribution is -2.12. The van der Waals surface area contributed by atoms with Crippen LogP contribution < -0.4 is 0 Å². The summed E-state index contributed by atoms with van der Waals surface area (Å²) in [6, 6.07) is 4.57. The van der Waals surface area contributed by atoms with E-state index in [9.17, 15) is 9.50 Å². The number of halogens is 2. The van der Waals surface area contributed by atoms with Gasteiger partial charge in [-0.3, -0.25) is 0 Å². The maximum atomic E-state index is 13.4. The van der Waals surface area contributed by atoms with Gasteiger partial charge in [-0.2, -0.15) is 0 Å². The minimum absolute atomic E-state index is 0.337. The third-order valence-corrected chi connectivity index (χ3v) is 2.78. The molecule has 0 fully saturated rings. The van der Waals surface area contributed by atoms with Gasteiger partial charge >= 0.3 is 0 Å². The monoisotopic (exact) mass is 244 g/mol. The number of rotatable bonds is 5. The summed E-state index contributed by atoms with van der Waals surface area (Å²) in [6.45, 7) is 4.21. The highest BCUT2D eigenvalue weighted by atomic mass is 35.5. The van der Waals surface area contributed by atoms with Gasteiger partial charge in [-0.1, -0.05) is 31.5 Å². The summed E-state index contributed by atoms with van der Waals surface area (Å²) in [5.41, 5.74) is 0.528. The standard InChI is InChI=1S/C13H18ClFO/c1-9(2)3-6-12(16)7-10-4-5-11(14)8-13(10)15/h4-5,8-9,12,16H,3,6-7H2,1-2H3. The van der Waals surface area contributed by atoms with E-state index in [0.717, 1.165) is 6.42 Å². The van der Waals surface area contributed by atoms with Crippen LogP contribution in [0, 0.1) is 11.7 Å². The van der Waals surface area contributed by atoms with Gasteiger partial charge in [0.15, 0.2) is 0 Å². The average molecular weight is 245 g/mol. The number of benzene rings is 1. The molecule has 3 heteroatoms. The molecule has 0 saturated carbocycles. The second kappa shape index (κ2) is 6.21. The minimum Gasteiger partial charge on any atom is -0.393 e. The van der Waals surface area contributed by atoms with Gasteiger partial charge in [0.1, 0.15) is 5.82 Å². The molecule has 1 aromatic carbocycles. The van der Waals surface area contributed by atoms with Crippen molar-refractivity contribution in [3.8, 4) is 0 Å². The fourth-order valence-corrected chi connectivity index (χ4v) is 1.73. The lowest BCUT2D eigenvalue weighted by atomic mass is 10.00. The van der Waals surface area contributed by atoms with Crippen molar-refractivity contribution in [3.63, 3.8) is 0 Å². The highest BCUT2D eigenvalue weighted by molar-refractivity contribution is 6.30. The summed E-state index contributed by atoms with van der Waals surface area (Å²) in [7, 11) is 0. The van der Waals surface area contributed by atoms with Gasteiger partial charge in [0.2, 0.25) is 0 Å². The lowest BCUT2D eigenvalue weighted by molar-refractivity contribution is 0.156. The molecule has 16 heavy (non-hydrogen) atoms. The molecule has 1 rings (SSSR count). The van der Waals surface area contributed by atoms with Crippen molar-refractivity contribution in [2.75, 3.05) is 0 Å². The molecule has 1 unspecified atom stereocenters. The van der Waals surface area contributed by atoms with E-state index in [1.807, 2.05) is 0 Å². The molecule has 0 aliphatic heterocycles. The first-order valence-corrected chi connectivity index (χ1v) is 5.99. The predicted octanol–water partition coefficient (Wildman–Crippen LogP) is 3.82. The Bertz CT molecular complexity index is 339. The van der Waals surface area contributed by atoms with Crippen molar-refractivity contribution >= 4 is 11.6 Å². The molecule has 1 atom stereocenters. The van der Waals surface area contributed by atoms with E-state index in [-0.39, 0.29) is 5.82 Å². The topological polar surface area (TPSA) is 20.2 Å². The minimum atomic E-state index is -0.474. The summed E-state index contributed by atoms with van der Waals surface area (Å²) in [4.78, 5) is 0. The smallest absolute Gasteiger partial charge is 0.127 e. The Hall–Kier alpha value is -0.600. The second-order valence-corrected chi connectivity index (χ2v) is 5.00. The van der Waals surface area contributed by atoms with Crippen LogP contribution in [0.4, 0.5) is 4.39 Å². The molecule has 0 aliphatic rings. The Labute approximate surface area is 101 Å². The molecule has 0 aliphatic carbocycles. The molecular weight excluding hydrogens is 227 g/mol. The van der Waals surface area contributed by atoms with E-state index in [1.54, 1.807) is 12.1 Å². The summed E-state index contributed by atoms with van der Waals surface area (Å²) >= 11 is 5.65. The van der Waals surface area contributed by atoms with Crippen LogP contribution in [-0.2, 0) is 6.42 Å². The van der Waals surface area contributed by atoms with Gasteiger partial charge in [-0.25, -0.2) is 4.39 Å². The Balaban J connectivity index is 2.52. The van der Waals surface area contributed by atoms with Gasteiger partial charge in [0.25, 0.3) is 0 Å². The highest BCUT2D eigenvalue weighted by Crippen LogP contribution is 2.18. The van der Waals surface area contributed by atoms with E-state index >= 15 is 0 Å².